The number of nitrogens with one attached hydrogen (secondary N) is 1. The van der Waals surface area contributed by atoms with Crippen molar-refractivity contribution in [2.24, 2.45) is 0 Å². The molecule has 3 aromatic heterocycles. The van der Waals surface area contributed by atoms with Crippen molar-refractivity contribution in [3.8, 4) is 10.6 Å². The van der Waals surface area contributed by atoms with Crippen LogP contribution in [0, 0.1) is 25.5 Å². The van der Waals surface area contributed by atoms with Gasteiger partial charge in [-0.15, -0.1) is 11.3 Å². The first-order chi connectivity index (χ1) is 14.8. The Balaban J connectivity index is 1.79. The summed E-state index contributed by atoms with van der Waals surface area (Å²) in [5.74, 6) is -3.84. The number of methoxy groups -OCH3 is 1. The van der Waals surface area contributed by atoms with E-state index in [4.69, 9.17) is 4.52 Å². The third-order valence-electron chi connectivity index (χ3n) is 4.56. The predicted molar refractivity (Wildman–Crippen MR) is 110 cm³/mol. The van der Waals surface area contributed by atoms with Gasteiger partial charge in [0, 0.05) is 10.9 Å². The van der Waals surface area contributed by atoms with Crippen molar-refractivity contribution in [3.05, 3.63) is 63.7 Å². The van der Waals surface area contributed by atoms with Crippen LogP contribution in [0.4, 0.5) is 14.5 Å². The van der Waals surface area contributed by atoms with Crippen LogP contribution >= 0.6 is 11.3 Å². The second-order valence-electron chi connectivity index (χ2n) is 6.67. The lowest BCUT2D eigenvalue weighted by Crippen LogP contribution is -2.15. The van der Waals surface area contributed by atoms with Crippen LogP contribution in [0.25, 0.3) is 21.7 Å². The third-order valence-corrected chi connectivity index (χ3v) is 5.59. The molecular formula is C21H15F2N3O4S. The van der Waals surface area contributed by atoms with Gasteiger partial charge in [-0.3, -0.25) is 4.79 Å². The number of hydrogen-bond donors (Lipinski definition) is 1. The standard InChI is InChI=1S/C21H15F2N3O4S/c1-9-4-5-17(31-9)16-7-12(18-10(2)26-30-20(18)25-16)19(27)24-15-6-11(21(28)29-3)13(22)8-14(15)23/h4-8H,1-3H3,(H,24,27). The number of aryl methyl sites for hydroxylation is 2. The van der Waals surface area contributed by atoms with Gasteiger partial charge >= 0.3 is 5.97 Å². The van der Waals surface area contributed by atoms with E-state index in [9.17, 15) is 18.4 Å². The number of aromatic nitrogens is 2. The largest absolute Gasteiger partial charge is 0.465 e. The summed E-state index contributed by atoms with van der Waals surface area (Å²) in [5, 5.41) is 6.61. The van der Waals surface area contributed by atoms with Gasteiger partial charge in [0.15, 0.2) is 0 Å². The van der Waals surface area contributed by atoms with Crippen LogP contribution in [0.15, 0.2) is 34.9 Å². The van der Waals surface area contributed by atoms with Crippen LogP contribution in [0.3, 0.4) is 0 Å². The van der Waals surface area contributed by atoms with Gasteiger partial charge in [-0.05, 0) is 38.1 Å². The van der Waals surface area contributed by atoms with Gasteiger partial charge in [-0.2, -0.15) is 0 Å². The molecule has 4 aromatic rings. The van der Waals surface area contributed by atoms with Gasteiger partial charge in [0.2, 0.25) is 0 Å². The number of pyridine rings is 1. The van der Waals surface area contributed by atoms with Crippen molar-refractivity contribution >= 4 is 40.0 Å². The molecule has 158 valence electrons. The number of hydrogen-bond acceptors (Lipinski definition) is 7. The van der Waals surface area contributed by atoms with E-state index in [2.05, 4.69) is 20.2 Å². The fourth-order valence-electron chi connectivity index (χ4n) is 3.07. The molecule has 7 nitrogen and oxygen atoms in total. The lowest BCUT2D eigenvalue weighted by molar-refractivity contribution is 0.0595. The minimum absolute atomic E-state index is 0.146. The Hall–Kier alpha value is -3.66. The maximum absolute atomic E-state index is 14.3. The first kappa shape index (κ1) is 20.6. The fourth-order valence-corrected chi connectivity index (χ4v) is 3.90. The molecule has 1 N–H and O–H groups in total. The summed E-state index contributed by atoms with van der Waals surface area (Å²) in [5.41, 5.74) is 0.335. The Kier molecular flexibility index (Phi) is 5.24. The summed E-state index contributed by atoms with van der Waals surface area (Å²) in [7, 11) is 1.07. The Morgan fingerprint density at radius 1 is 1.10 bits per heavy atom. The summed E-state index contributed by atoms with van der Waals surface area (Å²) >= 11 is 1.48. The van der Waals surface area contributed by atoms with Crippen LogP contribution in [-0.2, 0) is 4.74 Å². The number of nitrogens with zero attached hydrogens (tertiary/aromatic N) is 2. The zero-order valence-corrected chi connectivity index (χ0v) is 17.4. The number of thiophene rings is 1. The van der Waals surface area contributed by atoms with E-state index in [-0.39, 0.29) is 17.0 Å². The highest BCUT2D eigenvalue weighted by Gasteiger charge is 2.22. The fraction of sp³-hybridized carbons (Fsp3) is 0.143. The maximum Gasteiger partial charge on any atom is 0.340 e. The van der Waals surface area contributed by atoms with E-state index in [0.29, 0.717) is 22.8 Å². The minimum Gasteiger partial charge on any atom is -0.465 e. The number of ether oxygens (including phenoxy) is 1. The van der Waals surface area contributed by atoms with Crippen LogP contribution in [-0.4, -0.2) is 29.1 Å². The molecule has 4 rings (SSSR count). The maximum atomic E-state index is 14.3. The van der Waals surface area contributed by atoms with Crippen LogP contribution in [0.2, 0.25) is 0 Å². The summed E-state index contributed by atoms with van der Waals surface area (Å²) in [6.45, 7) is 3.59. The molecule has 0 spiro atoms. The van der Waals surface area contributed by atoms with Gasteiger partial charge in [0.05, 0.1) is 45.6 Å². The van der Waals surface area contributed by atoms with Gasteiger partial charge in [0.25, 0.3) is 11.6 Å². The molecule has 0 saturated heterocycles. The molecule has 0 aliphatic heterocycles. The smallest absolute Gasteiger partial charge is 0.340 e. The van der Waals surface area contributed by atoms with E-state index in [1.165, 1.54) is 11.3 Å². The van der Waals surface area contributed by atoms with Crippen molar-refractivity contribution in [3.63, 3.8) is 0 Å². The van der Waals surface area contributed by atoms with E-state index in [1.54, 1.807) is 13.0 Å². The number of carbonyl (C=O) groups excluding carboxylic acids is 2. The van der Waals surface area contributed by atoms with Gasteiger partial charge < -0.3 is 14.6 Å². The quantitative estimate of drug-likeness (QED) is 0.452. The highest BCUT2D eigenvalue weighted by atomic mass is 32.1. The molecule has 0 saturated carbocycles. The number of amides is 1. The molecular weight excluding hydrogens is 428 g/mol. The number of carbonyl (C=O) groups is 2. The lowest BCUT2D eigenvalue weighted by Gasteiger charge is -2.10. The minimum atomic E-state index is -1.10. The highest BCUT2D eigenvalue weighted by molar-refractivity contribution is 7.15. The Morgan fingerprint density at radius 2 is 1.87 bits per heavy atom. The van der Waals surface area contributed by atoms with Crippen LogP contribution in [0.5, 0.6) is 0 Å². The Morgan fingerprint density at radius 3 is 2.55 bits per heavy atom. The number of rotatable bonds is 4. The van der Waals surface area contributed by atoms with Gasteiger partial charge in [-0.1, -0.05) is 5.16 Å². The van der Waals surface area contributed by atoms with Crippen molar-refractivity contribution in [2.45, 2.75) is 13.8 Å². The first-order valence-corrected chi connectivity index (χ1v) is 9.82. The second kappa shape index (κ2) is 7.88. The van der Waals surface area contributed by atoms with Crippen LogP contribution in [0.1, 0.15) is 31.3 Å². The SMILES string of the molecule is COC(=O)c1cc(NC(=O)c2cc(-c3ccc(C)s3)nc3onc(C)c23)c(F)cc1F. The topological polar surface area (TPSA) is 94.3 Å². The molecule has 0 bridgehead atoms. The Labute approximate surface area is 178 Å². The van der Waals surface area contributed by atoms with E-state index in [1.807, 2.05) is 19.1 Å². The molecule has 0 radical (unpaired) electrons. The molecule has 0 fully saturated rings. The van der Waals surface area contributed by atoms with E-state index < -0.39 is 29.1 Å². The summed E-state index contributed by atoms with van der Waals surface area (Å²) < 4.78 is 37.9. The normalized spacial score (nSPS) is 11.0. The number of benzene rings is 1. The van der Waals surface area contributed by atoms with E-state index >= 15 is 0 Å². The molecule has 0 aliphatic rings. The van der Waals surface area contributed by atoms with Crippen molar-refractivity contribution < 1.29 is 27.6 Å². The van der Waals surface area contributed by atoms with Crippen molar-refractivity contribution in [2.75, 3.05) is 12.4 Å². The highest BCUT2D eigenvalue weighted by Crippen LogP contribution is 2.31. The van der Waals surface area contributed by atoms with Crippen LogP contribution < -0.4 is 5.32 Å². The molecule has 3 heterocycles. The molecule has 1 amide bonds. The predicted octanol–water partition coefficient (Wildman–Crippen LogP) is 4.89. The zero-order chi connectivity index (χ0) is 22.3. The van der Waals surface area contributed by atoms with E-state index in [0.717, 1.165) is 22.9 Å². The monoisotopic (exact) mass is 443 g/mol. The molecule has 0 atom stereocenters. The molecule has 10 heteroatoms. The summed E-state index contributed by atoms with van der Waals surface area (Å²) in [6.07, 6.45) is 0. The number of esters is 1. The molecule has 0 aliphatic carbocycles. The molecule has 1 aromatic carbocycles. The number of anilines is 1. The number of fused-ring (bicyclic) bond motifs is 1. The lowest BCUT2D eigenvalue weighted by atomic mass is 10.1. The Bertz CT molecular complexity index is 1350. The molecule has 0 unspecified atom stereocenters. The molecule has 31 heavy (non-hydrogen) atoms. The van der Waals surface area contributed by atoms with Crippen molar-refractivity contribution in [1.29, 1.82) is 0 Å². The van der Waals surface area contributed by atoms with Gasteiger partial charge in [-0.25, -0.2) is 18.6 Å². The first-order valence-electron chi connectivity index (χ1n) is 9.01. The zero-order valence-electron chi connectivity index (χ0n) is 16.6. The second-order valence-corrected chi connectivity index (χ2v) is 7.96. The van der Waals surface area contributed by atoms with Gasteiger partial charge in [0.1, 0.15) is 11.6 Å². The third kappa shape index (κ3) is 3.77. The summed E-state index contributed by atoms with van der Waals surface area (Å²) in [6, 6.07) is 6.72. The summed E-state index contributed by atoms with van der Waals surface area (Å²) in [4.78, 5) is 31.1. The average Bonchev–Trinajstić information content (AvgIpc) is 3.34. The average molecular weight is 443 g/mol. The number of halogens is 2. The van der Waals surface area contributed by atoms with Crippen molar-refractivity contribution in [1.82, 2.24) is 10.1 Å².